The van der Waals surface area contributed by atoms with Crippen molar-refractivity contribution in [2.45, 2.75) is 0 Å². The van der Waals surface area contributed by atoms with Crippen LogP contribution in [0.5, 0.6) is 0 Å². The summed E-state index contributed by atoms with van der Waals surface area (Å²) in [5.74, 6) is 0.0804. The molecule has 1 aliphatic carbocycles. The van der Waals surface area contributed by atoms with Gasteiger partial charge in [0, 0.05) is 11.8 Å². The molecular weight excluding hydrogens is 230 g/mol. The van der Waals surface area contributed by atoms with E-state index >= 15 is 0 Å². The van der Waals surface area contributed by atoms with Gasteiger partial charge in [0.25, 0.3) is 0 Å². The number of ketones is 1. The van der Waals surface area contributed by atoms with Crippen LogP contribution in [0.1, 0.15) is 10.5 Å². The summed E-state index contributed by atoms with van der Waals surface area (Å²) in [6, 6.07) is 7.85. The smallest absolute Gasteiger partial charge is 0.190 e. The maximum atomic E-state index is 11.4. The van der Waals surface area contributed by atoms with E-state index in [0.29, 0.717) is 11.0 Å². The number of halogens is 1. The van der Waals surface area contributed by atoms with Gasteiger partial charge in [0.1, 0.15) is 0 Å². The van der Waals surface area contributed by atoms with Crippen LogP contribution in [0, 0.1) is 0 Å². The Kier molecular flexibility index (Phi) is 2.19. The lowest BCUT2D eigenvalue weighted by Crippen LogP contribution is -2.04. The molecule has 0 aromatic carbocycles. The normalized spacial score (nSPS) is 10.5. The molecule has 0 spiro atoms. The molecule has 0 radical (unpaired) electrons. The van der Waals surface area contributed by atoms with Gasteiger partial charge in [-0.05, 0) is 11.6 Å². The second kappa shape index (κ2) is 3.34. The minimum atomic E-state index is 0.0804. The third kappa shape index (κ3) is 1.40. The predicted octanol–water partition coefficient (Wildman–Crippen LogP) is 2.70. The van der Waals surface area contributed by atoms with Gasteiger partial charge in [-0.3, -0.25) is 4.79 Å². The number of alkyl halides is 1. The molecule has 0 aromatic heterocycles. The zero-order chi connectivity index (χ0) is 9.26. The van der Waals surface area contributed by atoms with Gasteiger partial charge >= 0.3 is 0 Å². The van der Waals surface area contributed by atoms with Crippen LogP contribution >= 0.6 is 15.9 Å². The first-order valence-corrected chi connectivity index (χ1v) is 5.10. The number of fused-ring (bicyclic) bond motifs is 1. The summed E-state index contributed by atoms with van der Waals surface area (Å²) in [4.78, 5) is 14.4. The van der Waals surface area contributed by atoms with Crippen molar-refractivity contribution in [3.63, 3.8) is 0 Å². The summed E-state index contributed by atoms with van der Waals surface area (Å²) in [7, 11) is 0. The Morgan fingerprint density at radius 1 is 1.38 bits per heavy atom. The summed E-state index contributed by atoms with van der Waals surface area (Å²) < 4.78 is 0. The minimum absolute atomic E-state index is 0.0804. The third-order valence-corrected chi connectivity index (χ3v) is 2.52. The number of hydrogen-bond acceptors (Lipinski definition) is 1. The number of carbonyl (C=O) groups excluding carboxylic acids is 1. The zero-order valence-electron chi connectivity index (χ0n) is 6.88. The van der Waals surface area contributed by atoms with E-state index in [4.69, 9.17) is 0 Å². The molecule has 0 fully saturated rings. The number of rotatable bonds is 2. The summed E-state index contributed by atoms with van der Waals surface area (Å²) >= 11 is 3.16. The Morgan fingerprint density at radius 3 is 3.00 bits per heavy atom. The Balaban J connectivity index is 2.58. The van der Waals surface area contributed by atoms with Crippen LogP contribution in [0.2, 0.25) is 0 Å². The van der Waals surface area contributed by atoms with E-state index in [1.165, 1.54) is 0 Å². The van der Waals surface area contributed by atoms with E-state index < -0.39 is 0 Å². The van der Waals surface area contributed by atoms with Crippen molar-refractivity contribution in [1.82, 2.24) is 4.98 Å². The van der Waals surface area contributed by atoms with E-state index in [1.54, 1.807) is 6.20 Å². The Labute approximate surface area is 84.4 Å². The van der Waals surface area contributed by atoms with Gasteiger partial charge < -0.3 is 4.98 Å². The molecule has 13 heavy (non-hydrogen) atoms. The van der Waals surface area contributed by atoms with Crippen molar-refractivity contribution in [3.8, 4) is 11.1 Å². The van der Waals surface area contributed by atoms with Crippen LogP contribution in [-0.2, 0) is 0 Å². The van der Waals surface area contributed by atoms with E-state index in [2.05, 4.69) is 20.9 Å². The number of aromatic nitrogens is 1. The Bertz CT molecular complexity index is 407. The third-order valence-electron chi connectivity index (χ3n) is 2.01. The van der Waals surface area contributed by atoms with E-state index in [-0.39, 0.29) is 5.78 Å². The molecule has 0 aromatic rings. The second-order valence-corrected chi connectivity index (χ2v) is 3.37. The number of pyridine rings is 1. The fourth-order valence-electron chi connectivity index (χ4n) is 1.40. The first kappa shape index (κ1) is 8.51. The van der Waals surface area contributed by atoms with Gasteiger partial charge in [0.15, 0.2) is 5.78 Å². The van der Waals surface area contributed by atoms with E-state index in [9.17, 15) is 4.79 Å². The number of Topliss-reactive ketones (excluding diaryl/α,β-unsaturated/α-hetero) is 1. The summed E-state index contributed by atoms with van der Waals surface area (Å²) in [5, 5.41) is 0.355. The molecule has 2 aliphatic rings. The van der Waals surface area contributed by atoms with Crippen LogP contribution in [0.15, 0.2) is 30.5 Å². The van der Waals surface area contributed by atoms with Crippen LogP contribution in [-0.4, -0.2) is 16.1 Å². The number of hydrogen-bond donors (Lipinski definition) is 1. The molecular formula is C10H8BrNO. The fourth-order valence-corrected chi connectivity index (χ4v) is 1.68. The zero-order valence-corrected chi connectivity index (χ0v) is 8.47. The topological polar surface area (TPSA) is 32.9 Å². The molecule has 1 heterocycles. The van der Waals surface area contributed by atoms with Gasteiger partial charge in [-0.1, -0.05) is 34.1 Å². The largest absolute Gasteiger partial charge is 0.358 e. The molecule has 3 heteroatoms. The van der Waals surface area contributed by atoms with Gasteiger partial charge in [-0.25, -0.2) is 0 Å². The highest BCUT2D eigenvalue weighted by molar-refractivity contribution is 9.09. The van der Waals surface area contributed by atoms with Crippen molar-refractivity contribution in [1.29, 1.82) is 0 Å². The SMILES string of the molecule is O=C(CBr)c1[nH]ccc2cccc1-2. The number of nitrogens with one attached hydrogen (secondary N) is 1. The van der Waals surface area contributed by atoms with Crippen LogP contribution in [0.4, 0.5) is 0 Å². The lowest BCUT2D eigenvalue weighted by Gasteiger charge is -2.04. The predicted molar refractivity (Wildman–Crippen MR) is 55.5 cm³/mol. The molecule has 1 aliphatic heterocycles. The van der Waals surface area contributed by atoms with Gasteiger partial charge in [0.2, 0.25) is 0 Å². The standard InChI is InChI=1S/C10H8BrNO/c11-6-9(13)10-8-3-1-2-7(8)4-5-12-10/h1-5,12H,6H2. The molecule has 0 saturated heterocycles. The highest BCUT2D eigenvalue weighted by Crippen LogP contribution is 2.25. The highest BCUT2D eigenvalue weighted by atomic mass is 79.9. The number of aromatic amines is 1. The van der Waals surface area contributed by atoms with Gasteiger partial charge in [-0.15, -0.1) is 0 Å². The molecule has 2 rings (SSSR count). The summed E-state index contributed by atoms with van der Waals surface area (Å²) in [6.07, 6.45) is 1.79. The Hall–Kier alpha value is -1.09. The fraction of sp³-hybridized carbons (Fsp3) is 0.100. The maximum absolute atomic E-state index is 11.4. The molecule has 0 saturated carbocycles. The van der Waals surface area contributed by atoms with Crippen LogP contribution in [0.3, 0.4) is 0 Å². The molecule has 0 bridgehead atoms. The van der Waals surface area contributed by atoms with Crippen molar-refractivity contribution < 1.29 is 4.79 Å². The Morgan fingerprint density at radius 2 is 2.23 bits per heavy atom. The van der Waals surface area contributed by atoms with Gasteiger partial charge in [0.05, 0.1) is 11.0 Å². The number of carbonyl (C=O) groups is 1. The first-order valence-electron chi connectivity index (χ1n) is 3.98. The monoisotopic (exact) mass is 237 g/mol. The van der Waals surface area contributed by atoms with Crippen molar-refractivity contribution in [2.75, 3.05) is 5.33 Å². The van der Waals surface area contributed by atoms with Gasteiger partial charge in [-0.2, -0.15) is 0 Å². The lowest BCUT2D eigenvalue weighted by molar-refractivity contribution is 0.102. The molecule has 1 N–H and O–H groups in total. The van der Waals surface area contributed by atoms with E-state index in [0.717, 1.165) is 11.1 Å². The number of H-pyrrole nitrogens is 1. The molecule has 0 atom stereocenters. The minimum Gasteiger partial charge on any atom is -0.358 e. The van der Waals surface area contributed by atoms with Crippen molar-refractivity contribution >= 4 is 21.7 Å². The van der Waals surface area contributed by atoms with Crippen molar-refractivity contribution in [2.24, 2.45) is 0 Å². The second-order valence-electron chi connectivity index (χ2n) is 2.80. The lowest BCUT2D eigenvalue weighted by atomic mass is 10.1. The average molecular weight is 238 g/mol. The van der Waals surface area contributed by atoms with Crippen molar-refractivity contribution in [3.05, 3.63) is 36.2 Å². The maximum Gasteiger partial charge on any atom is 0.190 e. The average Bonchev–Trinajstić information content (AvgIpc) is 2.63. The quantitative estimate of drug-likeness (QED) is 0.633. The van der Waals surface area contributed by atoms with E-state index in [1.807, 2.05) is 24.3 Å². The summed E-state index contributed by atoms with van der Waals surface area (Å²) in [5.41, 5.74) is 2.77. The molecule has 2 nitrogen and oxygen atoms in total. The van der Waals surface area contributed by atoms with Crippen LogP contribution in [0.25, 0.3) is 11.1 Å². The highest BCUT2D eigenvalue weighted by Gasteiger charge is 2.12. The molecule has 66 valence electrons. The first-order chi connectivity index (χ1) is 6.33. The summed E-state index contributed by atoms with van der Waals surface area (Å²) in [6.45, 7) is 0. The molecule has 0 unspecified atom stereocenters. The van der Waals surface area contributed by atoms with Crippen LogP contribution < -0.4 is 0 Å². The molecule has 0 amide bonds.